The van der Waals surface area contributed by atoms with Gasteiger partial charge < -0.3 is 19.8 Å². The van der Waals surface area contributed by atoms with E-state index in [1.807, 2.05) is 0 Å². The minimum Gasteiger partial charge on any atom is -0.467 e. The van der Waals surface area contributed by atoms with Gasteiger partial charge in [-0.2, -0.15) is 0 Å². The maximum Gasteiger partial charge on any atom is 0.330 e. The van der Waals surface area contributed by atoms with Gasteiger partial charge >= 0.3 is 5.97 Å². The first-order valence-electron chi connectivity index (χ1n) is 12.1. The Kier molecular flexibility index (Phi) is 7.62. The number of esters is 1. The number of benzene rings is 3. The molecule has 39 heavy (non-hydrogen) atoms. The third-order valence-corrected chi connectivity index (χ3v) is 6.24. The van der Waals surface area contributed by atoms with Crippen LogP contribution in [0.2, 0.25) is 0 Å². The maximum absolute atomic E-state index is 13.5. The molecule has 200 valence electrons. The molecule has 4 rings (SSSR count). The number of carbonyl (C=O) groups is 4. The summed E-state index contributed by atoms with van der Waals surface area (Å²) in [7, 11) is 2.73. The Hall–Kier alpha value is -4.79. The standard InChI is InChI=1S/C30H27FN2O6/c1-30(2,29(37)38-4)33-25(35)16-23(34)20-7-5-6-18(14-20)19-10-13-24-22(15-19)26(28(36)32-3)27(39-24)17-8-11-21(31)12-9-17/h5-15H,16H2,1-4H3,(H,32,36)(H,33,35). The van der Waals surface area contributed by atoms with Crippen molar-refractivity contribution in [3.8, 4) is 22.5 Å². The highest BCUT2D eigenvalue weighted by Gasteiger charge is 2.31. The highest BCUT2D eigenvalue weighted by Crippen LogP contribution is 2.36. The quantitative estimate of drug-likeness (QED) is 0.190. The number of rotatable bonds is 8. The van der Waals surface area contributed by atoms with Gasteiger partial charge in [0.15, 0.2) is 5.78 Å². The second-order valence-corrected chi connectivity index (χ2v) is 9.45. The van der Waals surface area contributed by atoms with Crippen LogP contribution in [0.15, 0.2) is 71.1 Å². The van der Waals surface area contributed by atoms with E-state index in [1.165, 1.54) is 52.3 Å². The largest absolute Gasteiger partial charge is 0.467 e. The summed E-state index contributed by atoms with van der Waals surface area (Å²) in [5.41, 5.74) is 1.75. The predicted molar refractivity (Wildman–Crippen MR) is 144 cm³/mol. The van der Waals surface area contributed by atoms with Crippen molar-refractivity contribution in [2.75, 3.05) is 14.2 Å². The Labute approximate surface area is 224 Å². The number of fused-ring (bicyclic) bond motifs is 1. The number of halogens is 1. The molecule has 4 aromatic rings. The van der Waals surface area contributed by atoms with Crippen LogP contribution in [0, 0.1) is 5.82 Å². The van der Waals surface area contributed by atoms with Gasteiger partial charge in [-0.15, -0.1) is 0 Å². The molecule has 2 N–H and O–H groups in total. The molecule has 2 amide bonds. The van der Waals surface area contributed by atoms with E-state index in [9.17, 15) is 23.6 Å². The Balaban J connectivity index is 1.66. The minimum absolute atomic E-state index is 0.304. The van der Waals surface area contributed by atoms with Crippen molar-refractivity contribution >= 4 is 34.5 Å². The average Bonchev–Trinajstić information content (AvgIpc) is 3.31. The summed E-state index contributed by atoms with van der Waals surface area (Å²) in [6.45, 7) is 2.98. The molecule has 0 saturated heterocycles. The van der Waals surface area contributed by atoms with Crippen LogP contribution in [0.3, 0.4) is 0 Å². The van der Waals surface area contributed by atoms with E-state index in [4.69, 9.17) is 4.42 Å². The van der Waals surface area contributed by atoms with E-state index in [0.29, 0.717) is 44.5 Å². The van der Waals surface area contributed by atoms with Crippen LogP contribution >= 0.6 is 0 Å². The molecule has 9 heteroatoms. The molecular formula is C30H27FN2O6. The molecule has 1 aromatic heterocycles. The Morgan fingerprint density at radius 2 is 1.59 bits per heavy atom. The molecule has 0 unspecified atom stereocenters. The smallest absolute Gasteiger partial charge is 0.330 e. The normalized spacial score (nSPS) is 11.2. The molecule has 0 aliphatic rings. The molecule has 0 bridgehead atoms. The fourth-order valence-electron chi connectivity index (χ4n) is 4.25. The van der Waals surface area contributed by atoms with Crippen molar-refractivity contribution in [1.29, 1.82) is 0 Å². The number of ether oxygens (including phenoxy) is 1. The number of carbonyl (C=O) groups excluding carboxylic acids is 4. The summed E-state index contributed by atoms with van der Waals surface area (Å²) in [5.74, 6) is -2.12. The topological polar surface area (TPSA) is 115 Å². The lowest BCUT2D eigenvalue weighted by Gasteiger charge is -2.22. The van der Waals surface area contributed by atoms with Crippen LogP contribution in [0.25, 0.3) is 33.4 Å². The van der Waals surface area contributed by atoms with Crippen LogP contribution in [0.5, 0.6) is 0 Å². The van der Waals surface area contributed by atoms with Crippen molar-refractivity contribution in [3.05, 3.63) is 83.7 Å². The molecule has 0 aliphatic heterocycles. The average molecular weight is 531 g/mol. The number of nitrogens with one attached hydrogen (secondary N) is 2. The lowest BCUT2D eigenvalue weighted by molar-refractivity contribution is -0.149. The number of furan rings is 1. The van der Waals surface area contributed by atoms with Crippen molar-refractivity contribution in [1.82, 2.24) is 10.6 Å². The van der Waals surface area contributed by atoms with Gasteiger partial charge in [-0.3, -0.25) is 14.4 Å². The fraction of sp³-hybridized carbons (Fsp3) is 0.200. The Morgan fingerprint density at radius 1 is 0.923 bits per heavy atom. The molecule has 0 radical (unpaired) electrons. The SMILES string of the molecule is CNC(=O)c1c(-c2ccc(F)cc2)oc2ccc(-c3cccc(C(=O)CC(=O)NC(C)(C)C(=O)OC)c3)cc12. The molecule has 8 nitrogen and oxygen atoms in total. The number of Topliss-reactive ketones (excluding diaryl/α,β-unsaturated/α-hetero) is 1. The number of ketones is 1. The molecule has 0 aliphatic carbocycles. The third-order valence-electron chi connectivity index (χ3n) is 6.24. The Morgan fingerprint density at radius 3 is 2.26 bits per heavy atom. The summed E-state index contributed by atoms with van der Waals surface area (Å²) >= 11 is 0. The molecule has 0 spiro atoms. The molecule has 0 saturated carbocycles. The van der Waals surface area contributed by atoms with Gasteiger partial charge in [0, 0.05) is 23.6 Å². The molecule has 3 aromatic carbocycles. The zero-order valence-corrected chi connectivity index (χ0v) is 21.9. The number of amides is 2. The molecular weight excluding hydrogens is 503 g/mol. The van der Waals surface area contributed by atoms with Crippen LogP contribution in [-0.4, -0.2) is 43.3 Å². The van der Waals surface area contributed by atoms with Gasteiger partial charge in [0.2, 0.25) is 5.91 Å². The fourth-order valence-corrected chi connectivity index (χ4v) is 4.25. The van der Waals surface area contributed by atoms with Crippen LogP contribution in [0.1, 0.15) is 41.0 Å². The summed E-state index contributed by atoms with van der Waals surface area (Å²) in [6.07, 6.45) is -0.452. The predicted octanol–water partition coefficient (Wildman–Crippen LogP) is 4.91. The van der Waals surface area contributed by atoms with E-state index in [0.717, 1.165) is 0 Å². The van der Waals surface area contributed by atoms with Crippen molar-refractivity contribution < 1.29 is 32.7 Å². The van der Waals surface area contributed by atoms with Gasteiger partial charge in [-0.25, -0.2) is 9.18 Å². The number of methoxy groups -OCH3 is 1. The van der Waals surface area contributed by atoms with Gasteiger partial charge in [0.05, 0.1) is 19.1 Å². The first-order chi connectivity index (χ1) is 18.5. The van der Waals surface area contributed by atoms with Crippen molar-refractivity contribution in [2.45, 2.75) is 25.8 Å². The summed E-state index contributed by atoms with van der Waals surface area (Å²) in [4.78, 5) is 50.0. The Bertz CT molecular complexity index is 1590. The molecule has 0 atom stereocenters. The zero-order valence-electron chi connectivity index (χ0n) is 21.9. The number of hydrogen-bond donors (Lipinski definition) is 2. The molecule has 1 heterocycles. The van der Waals surface area contributed by atoms with E-state index < -0.39 is 35.4 Å². The van der Waals surface area contributed by atoms with E-state index >= 15 is 0 Å². The summed E-state index contributed by atoms with van der Waals surface area (Å²) < 4.78 is 24.1. The van der Waals surface area contributed by atoms with Gasteiger partial charge in [-0.1, -0.05) is 24.3 Å². The number of hydrogen-bond acceptors (Lipinski definition) is 6. The molecule has 0 fully saturated rings. The van der Waals surface area contributed by atoms with E-state index in [1.54, 1.807) is 42.5 Å². The van der Waals surface area contributed by atoms with Gasteiger partial charge in [-0.05, 0) is 67.4 Å². The van der Waals surface area contributed by atoms with E-state index in [2.05, 4.69) is 15.4 Å². The third kappa shape index (κ3) is 5.72. The van der Waals surface area contributed by atoms with Crippen LogP contribution < -0.4 is 10.6 Å². The summed E-state index contributed by atoms with van der Waals surface area (Å²) in [6, 6.07) is 17.7. The lowest BCUT2D eigenvalue weighted by atomic mass is 9.97. The first kappa shape index (κ1) is 27.3. The minimum atomic E-state index is -1.27. The van der Waals surface area contributed by atoms with Crippen molar-refractivity contribution in [3.63, 3.8) is 0 Å². The zero-order chi connectivity index (χ0) is 28.3. The van der Waals surface area contributed by atoms with Crippen molar-refractivity contribution in [2.24, 2.45) is 0 Å². The maximum atomic E-state index is 13.5. The summed E-state index contributed by atoms with van der Waals surface area (Å²) in [5, 5.41) is 5.69. The van der Waals surface area contributed by atoms with Crippen LogP contribution in [-0.2, 0) is 14.3 Å². The lowest BCUT2D eigenvalue weighted by Crippen LogP contribution is -2.50. The van der Waals surface area contributed by atoms with Gasteiger partial charge in [0.25, 0.3) is 5.91 Å². The first-order valence-corrected chi connectivity index (χ1v) is 12.1. The highest BCUT2D eigenvalue weighted by atomic mass is 19.1. The second kappa shape index (κ2) is 10.9. The van der Waals surface area contributed by atoms with Gasteiger partial charge in [0.1, 0.15) is 22.7 Å². The monoisotopic (exact) mass is 530 g/mol. The highest BCUT2D eigenvalue weighted by molar-refractivity contribution is 6.12. The second-order valence-electron chi connectivity index (χ2n) is 9.45. The van der Waals surface area contributed by atoms with Crippen LogP contribution in [0.4, 0.5) is 4.39 Å². The van der Waals surface area contributed by atoms with E-state index in [-0.39, 0.29) is 5.91 Å².